The third-order valence-corrected chi connectivity index (χ3v) is 2.99. The number of rotatable bonds is 4. The molecular weight excluding hydrogens is 301 g/mol. The van der Waals surface area contributed by atoms with Crippen LogP contribution in [0.5, 0.6) is 0 Å². The molecule has 0 radical (unpaired) electrons. The first-order valence-electron chi connectivity index (χ1n) is 4.97. The van der Waals surface area contributed by atoms with Gasteiger partial charge in [-0.3, -0.25) is 4.79 Å². The van der Waals surface area contributed by atoms with Crippen LogP contribution in [-0.4, -0.2) is 17.2 Å². The number of carbonyl (C=O) groups is 1. The zero-order valence-electron chi connectivity index (χ0n) is 9.37. The van der Waals surface area contributed by atoms with E-state index in [9.17, 15) is 18.0 Å². The van der Waals surface area contributed by atoms with E-state index in [1.807, 2.05) is 0 Å². The average molecular weight is 309 g/mol. The SMILES string of the molecule is N#C[C@H](NC(=O)CSC(F)(F)F)c1ccc(Cl)cc1. The molecule has 1 aromatic rings. The minimum absolute atomic E-state index is 0.451. The number of benzene rings is 1. The minimum atomic E-state index is -4.47. The summed E-state index contributed by atoms with van der Waals surface area (Å²) in [6.07, 6.45) is 0. The van der Waals surface area contributed by atoms with Crippen LogP contribution < -0.4 is 5.32 Å². The zero-order chi connectivity index (χ0) is 14.5. The van der Waals surface area contributed by atoms with E-state index in [4.69, 9.17) is 16.9 Å². The number of nitrogens with one attached hydrogen (secondary N) is 1. The number of halogens is 4. The number of carbonyl (C=O) groups excluding carboxylic acids is 1. The molecule has 0 spiro atoms. The van der Waals surface area contributed by atoms with E-state index in [0.717, 1.165) is 0 Å². The van der Waals surface area contributed by atoms with Crippen molar-refractivity contribution in [2.45, 2.75) is 11.6 Å². The highest BCUT2D eigenvalue weighted by molar-refractivity contribution is 8.00. The molecule has 0 saturated heterocycles. The lowest BCUT2D eigenvalue weighted by atomic mass is 10.1. The summed E-state index contributed by atoms with van der Waals surface area (Å²) in [5.41, 5.74) is -4.02. The van der Waals surface area contributed by atoms with E-state index < -0.39 is 35.0 Å². The van der Waals surface area contributed by atoms with E-state index in [1.54, 1.807) is 6.07 Å². The maximum Gasteiger partial charge on any atom is 0.442 e. The van der Waals surface area contributed by atoms with Crippen molar-refractivity contribution in [2.24, 2.45) is 0 Å². The molecule has 1 amide bonds. The molecule has 0 saturated carbocycles. The van der Waals surface area contributed by atoms with Crippen molar-refractivity contribution in [2.75, 3.05) is 5.75 Å². The number of nitriles is 1. The summed E-state index contributed by atoms with van der Waals surface area (Å²) in [6, 6.07) is 6.89. The Balaban J connectivity index is 2.60. The largest absolute Gasteiger partial charge is 0.442 e. The lowest BCUT2D eigenvalue weighted by Gasteiger charge is -2.12. The molecule has 1 N–H and O–H groups in total. The van der Waals surface area contributed by atoms with Gasteiger partial charge in [0.05, 0.1) is 11.8 Å². The van der Waals surface area contributed by atoms with Gasteiger partial charge in [-0.1, -0.05) is 23.7 Å². The Hall–Kier alpha value is -1.39. The predicted octanol–water partition coefficient (Wildman–Crippen LogP) is 3.27. The highest BCUT2D eigenvalue weighted by atomic mass is 35.5. The second kappa shape index (κ2) is 6.68. The van der Waals surface area contributed by atoms with Crippen molar-refractivity contribution in [3.05, 3.63) is 34.9 Å². The molecule has 0 aliphatic rings. The topological polar surface area (TPSA) is 52.9 Å². The van der Waals surface area contributed by atoms with Gasteiger partial charge < -0.3 is 5.32 Å². The number of alkyl halides is 3. The first-order chi connectivity index (χ1) is 8.81. The molecular formula is C11H8ClF3N2OS. The number of nitrogens with zero attached hydrogens (tertiary/aromatic N) is 1. The van der Waals surface area contributed by atoms with E-state index in [-0.39, 0.29) is 0 Å². The van der Waals surface area contributed by atoms with Gasteiger partial charge in [-0.05, 0) is 29.5 Å². The van der Waals surface area contributed by atoms with Crippen LogP contribution in [0.4, 0.5) is 13.2 Å². The van der Waals surface area contributed by atoms with Crippen LogP contribution in [0.3, 0.4) is 0 Å². The Morgan fingerprint density at radius 1 is 1.42 bits per heavy atom. The Bertz CT molecular complexity index is 484. The monoisotopic (exact) mass is 308 g/mol. The third kappa shape index (κ3) is 5.85. The summed E-state index contributed by atoms with van der Waals surface area (Å²) in [5.74, 6) is -1.64. The van der Waals surface area contributed by atoms with Crippen molar-refractivity contribution >= 4 is 29.3 Å². The van der Waals surface area contributed by atoms with Crippen LogP contribution in [0.25, 0.3) is 0 Å². The molecule has 0 bridgehead atoms. The maximum absolute atomic E-state index is 11.9. The van der Waals surface area contributed by atoms with Crippen LogP contribution in [0, 0.1) is 11.3 Å². The standard InChI is InChI=1S/C11H8ClF3N2OS/c12-8-3-1-7(2-4-8)9(5-16)17-10(18)6-19-11(13,14)15/h1-4,9H,6H2,(H,17,18)/t9-/m0/s1. The molecule has 1 aromatic carbocycles. The quantitative estimate of drug-likeness (QED) is 0.928. The van der Waals surface area contributed by atoms with Gasteiger partial charge in [0.15, 0.2) is 0 Å². The number of amides is 1. The maximum atomic E-state index is 11.9. The van der Waals surface area contributed by atoms with E-state index in [1.165, 1.54) is 24.3 Å². The first kappa shape index (κ1) is 15.7. The summed E-state index contributed by atoms with van der Waals surface area (Å²) < 4.78 is 35.7. The fourth-order valence-corrected chi connectivity index (χ4v) is 1.70. The summed E-state index contributed by atoms with van der Waals surface area (Å²) in [6.45, 7) is 0. The van der Waals surface area contributed by atoms with Crippen LogP contribution in [0.15, 0.2) is 24.3 Å². The van der Waals surface area contributed by atoms with Crippen LogP contribution in [0.2, 0.25) is 5.02 Å². The van der Waals surface area contributed by atoms with Gasteiger partial charge in [-0.15, -0.1) is 0 Å². The van der Waals surface area contributed by atoms with Crippen molar-refractivity contribution in [3.8, 4) is 6.07 Å². The summed E-state index contributed by atoms with van der Waals surface area (Å²) >= 11 is 5.22. The summed E-state index contributed by atoms with van der Waals surface area (Å²) in [5, 5.41) is 11.6. The molecule has 3 nitrogen and oxygen atoms in total. The lowest BCUT2D eigenvalue weighted by Crippen LogP contribution is -2.30. The van der Waals surface area contributed by atoms with E-state index in [2.05, 4.69) is 5.32 Å². The second-order valence-corrected chi connectivity index (χ2v) is 4.89. The summed E-state index contributed by atoms with van der Waals surface area (Å²) in [4.78, 5) is 11.3. The normalized spacial score (nSPS) is 12.6. The average Bonchev–Trinajstić information content (AvgIpc) is 2.34. The van der Waals surface area contributed by atoms with Gasteiger partial charge in [-0.25, -0.2) is 0 Å². The Morgan fingerprint density at radius 3 is 2.47 bits per heavy atom. The van der Waals surface area contributed by atoms with Gasteiger partial charge in [0.2, 0.25) is 5.91 Å². The number of hydrogen-bond acceptors (Lipinski definition) is 3. The minimum Gasteiger partial charge on any atom is -0.336 e. The van der Waals surface area contributed by atoms with Crippen molar-refractivity contribution in [1.82, 2.24) is 5.32 Å². The van der Waals surface area contributed by atoms with Crippen molar-refractivity contribution in [1.29, 1.82) is 5.26 Å². The molecule has 102 valence electrons. The van der Waals surface area contributed by atoms with Crippen LogP contribution >= 0.6 is 23.4 Å². The molecule has 8 heteroatoms. The zero-order valence-corrected chi connectivity index (χ0v) is 10.9. The summed E-state index contributed by atoms with van der Waals surface area (Å²) in [7, 11) is 0. The van der Waals surface area contributed by atoms with Gasteiger partial charge in [-0.2, -0.15) is 18.4 Å². The van der Waals surface area contributed by atoms with Gasteiger partial charge in [0.25, 0.3) is 0 Å². The van der Waals surface area contributed by atoms with Crippen LogP contribution in [0.1, 0.15) is 11.6 Å². The molecule has 0 aliphatic carbocycles. The predicted molar refractivity (Wildman–Crippen MR) is 66.5 cm³/mol. The van der Waals surface area contributed by atoms with Gasteiger partial charge >= 0.3 is 5.51 Å². The molecule has 0 heterocycles. The highest BCUT2D eigenvalue weighted by Crippen LogP contribution is 2.29. The Morgan fingerprint density at radius 2 is 2.00 bits per heavy atom. The highest BCUT2D eigenvalue weighted by Gasteiger charge is 2.29. The van der Waals surface area contributed by atoms with Crippen LogP contribution in [-0.2, 0) is 4.79 Å². The second-order valence-electron chi connectivity index (χ2n) is 3.42. The van der Waals surface area contributed by atoms with Crippen molar-refractivity contribution < 1.29 is 18.0 Å². The Kier molecular flexibility index (Phi) is 5.51. The van der Waals surface area contributed by atoms with Gasteiger partial charge in [0, 0.05) is 5.02 Å². The fourth-order valence-electron chi connectivity index (χ4n) is 1.20. The molecule has 0 aromatic heterocycles. The van der Waals surface area contributed by atoms with Crippen molar-refractivity contribution in [3.63, 3.8) is 0 Å². The third-order valence-electron chi connectivity index (χ3n) is 2.00. The van der Waals surface area contributed by atoms with Gasteiger partial charge in [0.1, 0.15) is 6.04 Å². The molecule has 1 rings (SSSR count). The molecule has 0 aliphatic heterocycles. The molecule has 19 heavy (non-hydrogen) atoms. The molecule has 0 fully saturated rings. The number of hydrogen-bond donors (Lipinski definition) is 1. The molecule has 1 atom stereocenters. The Labute approximate surface area is 116 Å². The fraction of sp³-hybridized carbons (Fsp3) is 0.273. The smallest absolute Gasteiger partial charge is 0.336 e. The first-order valence-corrected chi connectivity index (χ1v) is 6.33. The molecule has 0 unspecified atom stereocenters. The number of thioether (sulfide) groups is 1. The lowest BCUT2D eigenvalue weighted by molar-refractivity contribution is -0.119. The van der Waals surface area contributed by atoms with E-state index >= 15 is 0 Å². The van der Waals surface area contributed by atoms with E-state index in [0.29, 0.717) is 10.6 Å².